The van der Waals surface area contributed by atoms with Gasteiger partial charge < -0.3 is 5.32 Å². The van der Waals surface area contributed by atoms with E-state index in [1.165, 1.54) is 43.6 Å². The van der Waals surface area contributed by atoms with Crippen molar-refractivity contribution in [3.05, 3.63) is 53.6 Å². The highest BCUT2D eigenvalue weighted by molar-refractivity contribution is 7.89. The predicted molar refractivity (Wildman–Crippen MR) is 99.3 cm³/mol. The fourth-order valence-electron chi connectivity index (χ4n) is 2.35. The zero-order chi connectivity index (χ0) is 19.8. The monoisotopic (exact) mass is 415 g/mol. The molecule has 1 aromatic heterocycles. The zero-order valence-electron chi connectivity index (χ0n) is 14.4. The molecule has 0 unspecified atom stereocenters. The van der Waals surface area contributed by atoms with E-state index in [9.17, 15) is 21.6 Å². The number of hydrogen-bond acceptors (Lipinski definition) is 5. The van der Waals surface area contributed by atoms with E-state index < -0.39 is 21.8 Å². The molecule has 0 saturated heterocycles. The van der Waals surface area contributed by atoms with Crippen LogP contribution in [0.2, 0.25) is 0 Å². The smallest absolute Gasteiger partial charge is 0.357 e. The molecule has 3 rings (SSSR count). The number of fused-ring (bicyclic) bond motifs is 1. The largest absolute Gasteiger partial charge is 0.416 e. The summed E-state index contributed by atoms with van der Waals surface area (Å²) >= 11 is 1.26. The minimum atomic E-state index is -4.40. The number of thiazole rings is 1. The number of nitrogens with zero attached hydrogens (tertiary/aromatic N) is 2. The molecule has 0 spiro atoms. The summed E-state index contributed by atoms with van der Waals surface area (Å²) in [6.45, 7) is 0.369. The molecule has 27 heavy (non-hydrogen) atoms. The van der Waals surface area contributed by atoms with Crippen LogP contribution in [0.4, 0.5) is 18.3 Å². The average Bonchev–Trinajstić information content (AvgIpc) is 3.01. The van der Waals surface area contributed by atoms with Gasteiger partial charge in [-0.25, -0.2) is 17.7 Å². The maximum Gasteiger partial charge on any atom is 0.416 e. The van der Waals surface area contributed by atoms with Crippen molar-refractivity contribution in [3.8, 4) is 0 Å². The van der Waals surface area contributed by atoms with Gasteiger partial charge in [0.05, 0.1) is 20.7 Å². The Kier molecular flexibility index (Phi) is 5.15. The van der Waals surface area contributed by atoms with Gasteiger partial charge in [-0.2, -0.15) is 13.2 Å². The first-order valence-corrected chi connectivity index (χ1v) is 10.1. The molecule has 2 aromatic carbocycles. The van der Waals surface area contributed by atoms with E-state index in [2.05, 4.69) is 10.3 Å². The van der Waals surface area contributed by atoms with Crippen LogP contribution in [0.3, 0.4) is 0 Å². The third-order valence-corrected chi connectivity index (χ3v) is 6.68. The molecule has 0 atom stereocenters. The van der Waals surface area contributed by atoms with Gasteiger partial charge in [0.25, 0.3) is 0 Å². The second-order valence-corrected chi connectivity index (χ2v) is 9.17. The van der Waals surface area contributed by atoms with Crippen LogP contribution in [0.25, 0.3) is 10.2 Å². The molecule has 0 fully saturated rings. The number of rotatable bonds is 5. The first-order valence-electron chi connectivity index (χ1n) is 7.80. The Morgan fingerprint density at radius 2 is 1.78 bits per heavy atom. The highest BCUT2D eigenvalue weighted by Crippen LogP contribution is 2.34. The van der Waals surface area contributed by atoms with E-state index in [1.54, 1.807) is 12.1 Å². The Balaban J connectivity index is 1.73. The van der Waals surface area contributed by atoms with Crippen LogP contribution < -0.4 is 5.32 Å². The summed E-state index contributed by atoms with van der Waals surface area (Å²) in [5.74, 6) is 0. The summed E-state index contributed by atoms with van der Waals surface area (Å²) in [6, 6.07) is 9.85. The van der Waals surface area contributed by atoms with Gasteiger partial charge in [0.2, 0.25) is 10.0 Å². The predicted octanol–water partition coefficient (Wildman–Crippen LogP) is 4.18. The number of hydrogen-bond donors (Lipinski definition) is 1. The summed E-state index contributed by atoms with van der Waals surface area (Å²) in [5, 5.41) is 3.55. The Morgan fingerprint density at radius 3 is 2.37 bits per heavy atom. The topological polar surface area (TPSA) is 62.3 Å². The molecule has 0 aliphatic rings. The number of nitrogens with one attached hydrogen (secondary N) is 1. The minimum Gasteiger partial charge on any atom is -0.357 e. The summed E-state index contributed by atoms with van der Waals surface area (Å²) in [7, 11) is -0.563. The molecule has 0 aliphatic carbocycles. The third-order valence-electron chi connectivity index (χ3n) is 3.86. The fourth-order valence-corrected chi connectivity index (χ4v) is 4.09. The van der Waals surface area contributed by atoms with E-state index in [-0.39, 0.29) is 10.4 Å². The first kappa shape index (κ1) is 19.6. The van der Waals surface area contributed by atoms with Crippen molar-refractivity contribution in [1.82, 2.24) is 9.29 Å². The number of halogens is 3. The third kappa shape index (κ3) is 4.23. The molecule has 144 valence electrons. The molecule has 1 N–H and O–H groups in total. The van der Waals surface area contributed by atoms with Crippen LogP contribution in [-0.4, -0.2) is 31.8 Å². The SMILES string of the molecule is CN(C)S(=O)(=O)c1ccc(CNc2nc3cc(C(F)(F)F)ccc3s2)cc1. The summed E-state index contributed by atoms with van der Waals surface area (Å²) in [5.41, 5.74) is 0.372. The lowest BCUT2D eigenvalue weighted by Crippen LogP contribution is -2.22. The first-order chi connectivity index (χ1) is 12.6. The van der Waals surface area contributed by atoms with Crippen LogP contribution in [-0.2, 0) is 22.7 Å². The second-order valence-electron chi connectivity index (χ2n) is 5.98. The highest BCUT2D eigenvalue weighted by Gasteiger charge is 2.30. The molecule has 0 bridgehead atoms. The Hall–Kier alpha value is -2.17. The van der Waals surface area contributed by atoms with Gasteiger partial charge in [-0.3, -0.25) is 0 Å². The summed E-state index contributed by atoms with van der Waals surface area (Å²) < 4.78 is 64.2. The molecule has 0 aliphatic heterocycles. The molecule has 1 heterocycles. The van der Waals surface area contributed by atoms with Crippen LogP contribution in [0.15, 0.2) is 47.4 Å². The fraction of sp³-hybridized carbons (Fsp3) is 0.235. The van der Waals surface area contributed by atoms with E-state index in [4.69, 9.17) is 0 Å². The van der Waals surface area contributed by atoms with Gasteiger partial charge in [-0.1, -0.05) is 23.5 Å². The van der Waals surface area contributed by atoms with Crippen molar-refractivity contribution in [1.29, 1.82) is 0 Å². The minimum absolute atomic E-state index is 0.191. The van der Waals surface area contributed by atoms with Crippen molar-refractivity contribution in [2.45, 2.75) is 17.6 Å². The van der Waals surface area contributed by atoms with Gasteiger partial charge in [0.1, 0.15) is 0 Å². The molecule has 10 heteroatoms. The lowest BCUT2D eigenvalue weighted by atomic mass is 10.2. The lowest BCUT2D eigenvalue weighted by Gasteiger charge is -2.11. The molecule has 5 nitrogen and oxygen atoms in total. The molecule has 0 radical (unpaired) electrons. The Labute approximate surface area is 158 Å². The highest BCUT2D eigenvalue weighted by atomic mass is 32.2. The summed E-state index contributed by atoms with van der Waals surface area (Å²) in [4.78, 5) is 4.38. The van der Waals surface area contributed by atoms with Crippen molar-refractivity contribution >= 4 is 36.7 Å². The quantitative estimate of drug-likeness (QED) is 0.679. The van der Waals surface area contributed by atoms with Gasteiger partial charge >= 0.3 is 6.18 Å². The van der Waals surface area contributed by atoms with Gasteiger partial charge in [-0.15, -0.1) is 0 Å². The van der Waals surface area contributed by atoms with E-state index in [1.807, 2.05) is 0 Å². The molecule has 0 amide bonds. The van der Waals surface area contributed by atoms with Crippen molar-refractivity contribution in [2.24, 2.45) is 0 Å². The zero-order valence-corrected chi connectivity index (χ0v) is 16.0. The lowest BCUT2D eigenvalue weighted by molar-refractivity contribution is -0.137. The standard InChI is InChI=1S/C17H16F3N3O2S2/c1-23(2)27(24,25)13-6-3-11(4-7-13)10-21-16-22-14-9-12(17(18,19)20)5-8-15(14)26-16/h3-9H,10H2,1-2H3,(H,21,22). The number of anilines is 1. The maximum absolute atomic E-state index is 12.8. The molecule has 3 aromatic rings. The summed E-state index contributed by atoms with van der Waals surface area (Å²) in [6.07, 6.45) is -4.40. The van der Waals surface area contributed by atoms with Gasteiger partial charge in [0, 0.05) is 20.6 Å². The second kappa shape index (κ2) is 7.10. The van der Waals surface area contributed by atoms with Crippen molar-refractivity contribution in [3.63, 3.8) is 0 Å². The normalized spacial score (nSPS) is 12.7. The molecule has 0 saturated carbocycles. The van der Waals surface area contributed by atoms with Crippen LogP contribution in [0.5, 0.6) is 0 Å². The van der Waals surface area contributed by atoms with Crippen LogP contribution >= 0.6 is 11.3 Å². The van der Waals surface area contributed by atoms with Gasteiger partial charge in [-0.05, 0) is 35.9 Å². The van der Waals surface area contributed by atoms with Crippen LogP contribution in [0, 0.1) is 0 Å². The molecular weight excluding hydrogens is 399 g/mol. The Bertz CT molecular complexity index is 1060. The number of sulfonamides is 1. The average molecular weight is 415 g/mol. The van der Waals surface area contributed by atoms with E-state index in [0.717, 1.165) is 22.0 Å². The number of alkyl halides is 3. The van der Waals surface area contributed by atoms with Crippen LogP contribution in [0.1, 0.15) is 11.1 Å². The van der Waals surface area contributed by atoms with Gasteiger partial charge in [0.15, 0.2) is 5.13 Å². The maximum atomic E-state index is 12.8. The number of benzene rings is 2. The molecular formula is C17H16F3N3O2S2. The number of aromatic nitrogens is 1. The van der Waals surface area contributed by atoms with Crippen molar-refractivity contribution < 1.29 is 21.6 Å². The Morgan fingerprint density at radius 1 is 1.11 bits per heavy atom. The van der Waals surface area contributed by atoms with E-state index in [0.29, 0.717) is 16.4 Å². The van der Waals surface area contributed by atoms with E-state index >= 15 is 0 Å². The van der Waals surface area contributed by atoms with Crippen molar-refractivity contribution in [2.75, 3.05) is 19.4 Å².